The van der Waals surface area contributed by atoms with Gasteiger partial charge in [-0.25, -0.2) is 8.42 Å². The molecule has 7 heteroatoms. The molecule has 0 aromatic heterocycles. The van der Waals surface area contributed by atoms with E-state index in [-0.39, 0.29) is 25.0 Å². The van der Waals surface area contributed by atoms with E-state index in [1.807, 2.05) is 0 Å². The molecule has 0 fully saturated rings. The second-order valence-corrected chi connectivity index (χ2v) is 6.44. The molecule has 104 valence electrons. The lowest BCUT2D eigenvalue weighted by molar-refractivity contribution is 0.100. The van der Waals surface area contributed by atoms with Crippen molar-refractivity contribution in [3.8, 4) is 5.75 Å². The minimum atomic E-state index is -3.41. The lowest BCUT2D eigenvalue weighted by Gasteiger charge is -2.33. The van der Waals surface area contributed by atoms with Crippen molar-refractivity contribution in [2.75, 3.05) is 23.7 Å². The number of anilines is 1. The summed E-state index contributed by atoms with van der Waals surface area (Å²) in [5.41, 5.74) is 6.08. The van der Waals surface area contributed by atoms with E-state index in [2.05, 4.69) is 0 Å². The van der Waals surface area contributed by atoms with E-state index in [0.717, 1.165) is 6.26 Å². The molecule has 0 aliphatic carbocycles. The molecular weight excluding hydrogens is 268 g/mol. The van der Waals surface area contributed by atoms with Crippen molar-refractivity contribution in [2.24, 2.45) is 5.73 Å². The van der Waals surface area contributed by atoms with Crippen LogP contribution in [-0.4, -0.2) is 39.7 Å². The van der Waals surface area contributed by atoms with Crippen LogP contribution >= 0.6 is 0 Å². The minimum Gasteiger partial charge on any atom is -0.487 e. The number of ether oxygens (including phenoxy) is 1. The van der Waals surface area contributed by atoms with Crippen LogP contribution in [0.1, 0.15) is 17.3 Å². The van der Waals surface area contributed by atoms with Crippen LogP contribution in [0, 0.1) is 0 Å². The standard InChI is InChI=1S/C12H16N2O4S/c1-8-7-14(19(2,16)17)10-5-9(11(15)6-13)3-4-12(10)18-8/h3-5,8H,6-7,13H2,1-2H3. The van der Waals surface area contributed by atoms with Crippen LogP contribution in [0.3, 0.4) is 0 Å². The Hall–Kier alpha value is -1.60. The number of sulfonamides is 1. The fraction of sp³-hybridized carbons (Fsp3) is 0.417. The van der Waals surface area contributed by atoms with Crippen LogP contribution in [0.4, 0.5) is 5.69 Å². The van der Waals surface area contributed by atoms with Crippen LogP contribution < -0.4 is 14.8 Å². The first kappa shape index (κ1) is 13.8. The zero-order valence-corrected chi connectivity index (χ0v) is 11.6. The van der Waals surface area contributed by atoms with Gasteiger partial charge in [-0.3, -0.25) is 9.10 Å². The third kappa shape index (κ3) is 2.71. The van der Waals surface area contributed by atoms with Gasteiger partial charge in [0.1, 0.15) is 11.9 Å². The van der Waals surface area contributed by atoms with E-state index in [1.54, 1.807) is 19.1 Å². The van der Waals surface area contributed by atoms with Crippen molar-refractivity contribution in [1.82, 2.24) is 0 Å². The third-order valence-electron chi connectivity index (χ3n) is 2.89. The van der Waals surface area contributed by atoms with Crippen molar-refractivity contribution in [3.63, 3.8) is 0 Å². The number of nitrogens with zero attached hydrogens (tertiary/aromatic N) is 1. The van der Waals surface area contributed by atoms with E-state index >= 15 is 0 Å². The molecule has 2 rings (SSSR count). The lowest BCUT2D eigenvalue weighted by atomic mass is 10.1. The van der Waals surface area contributed by atoms with Gasteiger partial charge in [-0.1, -0.05) is 0 Å². The summed E-state index contributed by atoms with van der Waals surface area (Å²) in [6.45, 7) is 1.90. The molecule has 1 heterocycles. The molecule has 0 radical (unpaired) electrons. The highest BCUT2D eigenvalue weighted by Gasteiger charge is 2.29. The average molecular weight is 284 g/mol. The molecule has 19 heavy (non-hydrogen) atoms. The third-order valence-corrected chi connectivity index (χ3v) is 4.03. The van der Waals surface area contributed by atoms with E-state index in [9.17, 15) is 13.2 Å². The number of nitrogens with two attached hydrogens (primary N) is 1. The Bertz CT molecular complexity index is 612. The monoisotopic (exact) mass is 284 g/mol. The van der Waals surface area contributed by atoms with Crippen molar-refractivity contribution >= 4 is 21.5 Å². The first-order valence-corrected chi connectivity index (χ1v) is 7.69. The van der Waals surface area contributed by atoms with Crippen LogP contribution in [0.2, 0.25) is 0 Å². The second-order valence-electron chi connectivity index (χ2n) is 4.53. The summed E-state index contributed by atoms with van der Waals surface area (Å²) in [7, 11) is -3.41. The molecule has 1 unspecified atom stereocenters. The van der Waals surface area contributed by atoms with E-state index in [0.29, 0.717) is 17.0 Å². The van der Waals surface area contributed by atoms with Gasteiger partial charge in [0, 0.05) is 5.56 Å². The van der Waals surface area contributed by atoms with Gasteiger partial charge in [-0.05, 0) is 25.1 Å². The van der Waals surface area contributed by atoms with Crippen LogP contribution in [0.25, 0.3) is 0 Å². The number of fused-ring (bicyclic) bond motifs is 1. The van der Waals surface area contributed by atoms with Crippen molar-refractivity contribution in [2.45, 2.75) is 13.0 Å². The smallest absolute Gasteiger partial charge is 0.232 e. The first-order valence-electron chi connectivity index (χ1n) is 5.84. The van der Waals surface area contributed by atoms with Crippen LogP contribution in [0.5, 0.6) is 5.75 Å². The Morgan fingerprint density at radius 2 is 2.21 bits per heavy atom. The fourth-order valence-electron chi connectivity index (χ4n) is 2.00. The SMILES string of the molecule is CC1CN(S(C)(=O)=O)c2cc(C(=O)CN)ccc2O1. The number of rotatable bonds is 3. The molecule has 1 aromatic carbocycles. The van der Waals surface area contributed by atoms with Gasteiger partial charge in [-0.15, -0.1) is 0 Å². The Balaban J connectivity index is 2.54. The van der Waals surface area contributed by atoms with Gasteiger partial charge in [-0.2, -0.15) is 0 Å². The van der Waals surface area contributed by atoms with Gasteiger partial charge in [0.05, 0.1) is 25.0 Å². The van der Waals surface area contributed by atoms with E-state index < -0.39 is 10.0 Å². The molecule has 0 amide bonds. The normalized spacial score (nSPS) is 18.7. The summed E-state index contributed by atoms with van der Waals surface area (Å²) in [6, 6.07) is 4.70. The second kappa shape index (κ2) is 4.82. The number of hydrogen-bond acceptors (Lipinski definition) is 5. The Morgan fingerprint density at radius 3 is 2.79 bits per heavy atom. The van der Waals surface area contributed by atoms with Gasteiger partial charge >= 0.3 is 0 Å². The van der Waals surface area contributed by atoms with E-state index in [4.69, 9.17) is 10.5 Å². The maximum absolute atomic E-state index is 11.8. The molecule has 2 N–H and O–H groups in total. The van der Waals surface area contributed by atoms with Crippen molar-refractivity contribution in [1.29, 1.82) is 0 Å². The van der Waals surface area contributed by atoms with Crippen LogP contribution in [-0.2, 0) is 10.0 Å². The number of carbonyl (C=O) groups excluding carboxylic acids is 1. The highest BCUT2D eigenvalue weighted by Crippen LogP contribution is 2.35. The van der Waals surface area contributed by atoms with Crippen LogP contribution in [0.15, 0.2) is 18.2 Å². The Morgan fingerprint density at radius 1 is 1.53 bits per heavy atom. The fourth-order valence-corrected chi connectivity index (χ4v) is 2.98. The number of hydrogen-bond donors (Lipinski definition) is 1. The summed E-state index contributed by atoms with van der Waals surface area (Å²) >= 11 is 0. The molecule has 0 saturated heterocycles. The largest absolute Gasteiger partial charge is 0.487 e. The molecule has 1 aliphatic heterocycles. The van der Waals surface area contributed by atoms with Gasteiger partial charge in [0.2, 0.25) is 10.0 Å². The lowest BCUT2D eigenvalue weighted by Crippen LogP contribution is -2.41. The molecule has 6 nitrogen and oxygen atoms in total. The number of benzene rings is 1. The molecule has 1 atom stereocenters. The molecule has 0 bridgehead atoms. The summed E-state index contributed by atoms with van der Waals surface area (Å²) < 4.78 is 30.4. The maximum atomic E-state index is 11.8. The maximum Gasteiger partial charge on any atom is 0.232 e. The van der Waals surface area contributed by atoms with Crippen molar-refractivity contribution < 1.29 is 17.9 Å². The molecule has 1 aromatic rings. The van der Waals surface area contributed by atoms with Gasteiger partial charge in [0.15, 0.2) is 5.78 Å². The van der Waals surface area contributed by atoms with Crippen molar-refractivity contribution in [3.05, 3.63) is 23.8 Å². The van der Waals surface area contributed by atoms with Gasteiger partial charge < -0.3 is 10.5 Å². The quantitative estimate of drug-likeness (QED) is 0.810. The Labute approximate surface area is 112 Å². The number of carbonyl (C=O) groups is 1. The Kier molecular flexibility index (Phi) is 3.51. The predicted octanol–water partition coefficient (Wildman–Crippen LogP) is 0.375. The zero-order chi connectivity index (χ0) is 14.2. The molecule has 0 saturated carbocycles. The predicted molar refractivity (Wildman–Crippen MR) is 72.1 cm³/mol. The van der Waals surface area contributed by atoms with Gasteiger partial charge in [0.25, 0.3) is 0 Å². The first-order chi connectivity index (χ1) is 8.82. The highest BCUT2D eigenvalue weighted by atomic mass is 32.2. The highest BCUT2D eigenvalue weighted by molar-refractivity contribution is 7.92. The molecular formula is C12H16N2O4S. The summed E-state index contributed by atoms with van der Waals surface area (Å²) in [5.74, 6) is 0.215. The zero-order valence-electron chi connectivity index (χ0n) is 10.8. The van der Waals surface area contributed by atoms with E-state index in [1.165, 1.54) is 10.4 Å². The topological polar surface area (TPSA) is 89.7 Å². The minimum absolute atomic E-state index is 0.116. The number of ketones is 1. The molecule has 0 spiro atoms. The molecule has 1 aliphatic rings. The number of Topliss-reactive ketones (excluding diaryl/α,β-unsaturated/α-hetero) is 1. The summed E-state index contributed by atoms with van der Waals surface area (Å²) in [6.07, 6.45) is 0.893. The average Bonchev–Trinajstić information content (AvgIpc) is 2.35. The summed E-state index contributed by atoms with van der Waals surface area (Å²) in [5, 5.41) is 0. The summed E-state index contributed by atoms with van der Waals surface area (Å²) in [4.78, 5) is 11.6.